The van der Waals surface area contributed by atoms with Gasteiger partial charge in [-0.2, -0.15) is 0 Å². The van der Waals surface area contributed by atoms with E-state index in [0.717, 1.165) is 0 Å². The van der Waals surface area contributed by atoms with Crippen molar-refractivity contribution < 1.29 is 23.8 Å². The number of rotatable bonds is 8. The number of ether oxygens (including phenoxy) is 3. The van der Waals surface area contributed by atoms with Gasteiger partial charge in [0, 0.05) is 17.3 Å². The number of hydrogen-bond acceptors (Lipinski definition) is 6. The molecule has 136 valence electrons. The molecular formula is C18H19N3O5. The van der Waals surface area contributed by atoms with Gasteiger partial charge in [-0.3, -0.25) is 10.2 Å². The third-order valence-electron chi connectivity index (χ3n) is 3.24. The summed E-state index contributed by atoms with van der Waals surface area (Å²) >= 11 is 0. The third-order valence-corrected chi connectivity index (χ3v) is 3.24. The van der Waals surface area contributed by atoms with Crippen LogP contribution in [0, 0.1) is 5.41 Å². The van der Waals surface area contributed by atoms with Crippen LogP contribution in [0.3, 0.4) is 0 Å². The number of nitrogens with one attached hydrogen (secondary N) is 2. The number of methoxy groups -OCH3 is 1. The number of benzene rings is 2. The number of nitrogen functional groups attached to an aromatic ring is 1. The van der Waals surface area contributed by atoms with E-state index in [1.165, 1.54) is 7.11 Å². The highest BCUT2D eigenvalue weighted by molar-refractivity contribution is 5.95. The van der Waals surface area contributed by atoms with E-state index in [1.807, 2.05) is 0 Å². The van der Waals surface area contributed by atoms with E-state index in [-0.39, 0.29) is 25.0 Å². The number of nitrogens with two attached hydrogens (primary N) is 1. The largest absolute Gasteiger partial charge is 0.484 e. The molecule has 0 saturated heterocycles. The van der Waals surface area contributed by atoms with E-state index < -0.39 is 5.97 Å². The van der Waals surface area contributed by atoms with E-state index in [4.69, 9.17) is 20.6 Å². The summed E-state index contributed by atoms with van der Waals surface area (Å²) in [5.41, 5.74) is 6.45. The average Bonchev–Trinajstić information content (AvgIpc) is 2.65. The third kappa shape index (κ3) is 5.82. The summed E-state index contributed by atoms with van der Waals surface area (Å²) in [6, 6.07) is 13.1. The second-order valence-corrected chi connectivity index (χ2v) is 5.17. The monoisotopic (exact) mass is 357 g/mol. The first kappa shape index (κ1) is 18.8. The van der Waals surface area contributed by atoms with Crippen molar-refractivity contribution >= 4 is 23.4 Å². The number of amides is 1. The Hall–Kier alpha value is -3.55. The minimum atomic E-state index is -0.497. The maximum absolute atomic E-state index is 12.0. The molecule has 8 nitrogen and oxygen atoms in total. The lowest BCUT2D eigenvalue weighted by molar-refractivity contribution is -0.142. The molecule has 0 spiro atoms. The lowest BCUT2D eigenvalue weighted by Gasteiger charge is -2.10. The predicted molar refractivity (Wildman–Crippen MR) is 95.5 cm³/mol. The molecule has 0 aliphatic carbocycles. The number of esters is 1. The number of amidine groups is 1. The van der Waals surface area contributed by atoms with Gasteiger partial charge in [-0.05, 0) is 36.4 Å². The number of carbonyl (C=O) groups is 2. The molecule has 0 radical (unpaired) electrons. The van der Waals surface area contributed by atoms with Crippen LogP contribution < -0.4 is 20.5 Å². The summed E-state index contributed by atoms with van der Waals surface area (Å²) in [4.78, 5) is 23.1. The van der Waals surface area contributed by atoms with E-state index in [2.05, 4.69) is 10.1 Å². The van der Waals surface area contributed by atoms with Crippen molar-refractivity contribution in [2.24, 2.45) is 5.73 Å². The van der Waals surface area contributed by atoms with Crippen molar-refractivity contribution in [1.29, 1.82) is 5.41 Å². The fourth-order valence-corrected chi connectivity index (χ4v) is 1.94. The topological polar surface area (TPSA) is 124 Å². The van der Waals surface area contributed by atoms with Crippen molar-refractivity contribution in [1.82, 2.24) is 0 Å². The summed E-state index contributed by atoms with van der Waals surface area (Å²) < 4.78 is 15.1. The molecule has 0 atom stereocenters. The van der Waals surface area contributed by atoms with Gasteiger partial charge in [0.2, 0.25) is 0 Å². The number of anilines is 1. The van der Waals surface area contributed by atoms with Crippen LogP contribution in [0.5, 0.6) is 11.5 Å². The van der Waals surface area contributed by atoms with Gasteiger partial charge in [-0.1, -0.05) is 6.07 Å². The van der Waals surface area contributed by atoms with Gasteiger partial charge in [-0.25, -0.2) is 4.79 Å². The Labute approximate surface area is 150 Å². The van der Waals surface area contributed by atoms with Gasteiger partial charge >= 0.3 is 5.97 Å². The van der Waals surface area contributed by atoms with Crippen LogP contribution in [0.2, 0.25) is 0 Å². The molecule has 0 aromatic heterocycles. The van der Waals surface area contributed by atoms with Crippen LogP contribution in [0.4, 0.5) is 5.69 Å². The van der Waals surface area contributed by atoms with E-state index in [1.54, 1.807) is 48.5 Å². The summed E-state index contributed by atoms with van der Waals surface area (Å²) in [6.45, 7) is -0.403. The molecule has 8 heteroatoms. The Balaban J connectivity index is 1.85. The van der Waals surface area contributed by atoms with Crippen molar-refractivity contribution in [3.05, 3.63) is 54.1 Å². The van der Waals surface area contributed by atoms with Crippen LogP contribution in [0.15, 0.2) is 48.5 Å². The SMILES string of the molecule is COC(=O)COc1cccc(NC(=O)COc2ccc(C(=N)N)cc2)c1. The normalized spacial score (nSPS) is 9.88. The Bertz CT molecular complexity index is 790. The van der Waals surface area contributed by atoms with Crippen LogP contribution in [-0.4, -0.2) is 38.0 Å². The second kappa shape index (κ2) is 9.07. The van der Waals surface area contributed by atoms with Gasteiger partial charge in [0.25, 0.3) is 5.91 Å². The minimum absolute atomic E-state index is 0.0383. The first-order chi connectivity index (χ1) is 12.5. The van der Waals surface area contributed by atoms with E-state index >= 15 is 0 Å². The van der Waals surface area contributed by atoms with Crippen molar-refractivity contribution in [2.45, 2.75) is 0 Å². The second-order valence-electron chi connectivity index (χ2n) is 5.17. The van der Waals surface area contributed by atoms with E-state index in [0.29, 0.717) is 22.7 Å². The van der Waals surface area contributed by atoms with Crippen LogP contribution in [0.1, 0.15) is 5.56 Å². The van der Waals surface area contributed by atoms with Gasteiger partial charge in [0.15, 0.2) is 13.2 Å². The zero-order valence-corrected chi connectivity index (χ0v) is 14.2. The molecule has 0 aliphatic rings. The Morgan fingerprint density at radius 3 is 2.38 bits per heavy atom. The van der Waals surface area contributed by atoms with Gasteiger partial charge in [-0.15, -0.1) is 0 Å². The fourth-order valence-electron chi connectivity index (χ4n) is 1.94. The smallest absolute Gasteiger partial charge is 0.343 e. The summed E-state index contributed by atoms with van der Waals surface area (Å²) in [5, 5.41) is 9.99. The zero-order valence-electron chi connectivity index (χ0n) is 14.2. The predicted octanol–water partition coefficient (Wildman–Crippen LogP) is 1.54. The van der Waals surface area contributed by atoms with Crippen LogP contribution in [0.25, 0.3) is 0 Å². The molecule has 0 bridgehead atoms. The zero-order chi connectivity index (χ0) is 18.9. The molecule has 0 saturated carbocycles. The molecule has 2 rings (SSSR count). The highest BCUT2D eigenvalue weighted by atomic mass is 16.6. The maximum atomic E-state index is 12.0. The maximum Gasteiger partial charge on any atom is 0.343 e. The highest BCUT2D eigenvalue weighted by Crippen LogP contribution is 2.17. The number of carbonyl (C=O) groups excluding carboxylic acids is 2. The lowest BCUT2D eigenvalue weighted by Crippen LogP contribution is -2.20. The fraction of sp³-hybridized carbons (Fsp3) is 0.167. The van der Waals surface area contributed by atoms with E-state index in [9.17, 15) is 9.59 Å². The molecule has 26 heavy (non-hydrogen) atoms. The molecule has 4 N–H and O–H groups in total. The quantitative estimate of drug-likeness (QED) is 0.374. The Kier molecular flexibility index (Phi) is 6.55. The molecule has 0 unspecified atom stereocenters. The average molecular weight is 357 g/mol. The Morgan fingerprint density at radius 2 is 1.73 bits per heavy atom. The van der Waals surface area contributed by atoms with Crippen molar-refractivity contribution in [3.63, 3.8) is 0 Å². The Morgan fingerprint density at radius 1 is 1.04 bits per heavy atom. The van der Waals surface area contributed by atoms with Gasteiger partial charge < -0.3 is 25.3 Å². The van der Waals surface area contributed by atoms with Crippen molar-refractivity contribution in [2.75, 3.05) is 25.6 Å². The standard InChI is InChI=1S/C18H19N3O5/c1-24-17(23)11-26-15-4-2-3-13(9-15)21-16(22)10-25-14-7-5-12(6-8-14)18(19)20/h2-9H,10-11H2,1H3,(H3,19,20)(H,21,22). The molecule has 2 aromatic rings. The molecular weight excluding hydrogens is 338 g/mol. The van der Waals surface area contributed by atoms with Gasteiger partial charge in [0.1, 0.15) is 17.3 Å². The van der Waals surface area contributed by atoms with Crippen LogP contribution >= 0.6 is 0 Å². The first-order valence-corrected chi connectivity index (χ1v) is 7.64. The molecule has 1 amide bonds. The molecule has 2 aromatic carbocycles. The summed E-state index contributed by atoms with van der Waals surface area (Å²) in [5.74, 6) is 0.0206. The lowest BCUT2D eigenvalue weighted by atomic mass is 10.2. The summed E-state index contributed by atoms with van der Waals surface area (Å²) in [6.07, 6.45) is 0. The molecule has 0 fully saturated rings. The van der Waals surface area contributed by atoms with Gasteiger partial charge in [0.05, 0.1) is 7.11 Å². The van der Waals surface area contributed by atoms with Crippen LogP contribution in [-0.2, 0) is 14.3 Å². The molecule has 0 heterocycles. The number of hydrogen-bond donors (Lipinski definition) is 3. The molecule has 0 aliphatic heterocycles. The summed E-state index contributed by atoms with van der Waals surface area (Å²) in [7, 11) is 1.27. The highest BCUT2D eigenvalue weighted by Gasteiger charge is 2.07. The van der Waals surface area contributed by atoms with Crippen molar-refractivity contribution in [3.8, 4) is 11.5 Å². The minimum Gasteiger partial charge on any atom is -0.484 e. The first-order valence-electron chi connectivity index (χ1n) is 7.64.